The monoisotopic (exact) mass is 500 g/mol. The Morgan fingerprint density at radius 1 is 1.08 bits per heavy atom. The molecule has 36 heavy (non-hydrogen) atoms. The van der Waals surface area contributed by atoms with Gasteiger partial charge in [0.1, 0.15) is 23.9 Å². The van der Waals surface area contributed by atoms with E-state index in [1.807, 2.05) is 31.2 Å². The minimum absolute atomic E-state index is 0.0877. The van der Waals surface area contributed by atoms with E-state index >= 15 is 0 Å². The number of Topliss-reactive ketones (excluding diaryl/α,β-unsaturated/α-hetero) is 1. The molecule has 2 heterocycles. The van der Waals surface area contributed by atoms with Crippen molar-refractivity contribution in [2.75, 3.05) is 4.90 Å². The summed E-state index contributed by atoms with van der Waals surface area (Å²) in [7, 11) is 0. The Kier molecular flexibility index (Phi) is 6.35. The van der Waals surface area contributed by atoms with E-state index in [1.54, 1.807) is 29.6 Å². The molecule has 1 amide bonds. The number of carbonyl (C=O) groups excluding carboxylic acids is 2. The number of aliphatic hydroxyl groups excluding tert-OH is 1. The molecule has 1 fully saturated rings. The smallest absolute Gasteiger partial charge is 0.301 e. The summed E-state index contributed by atoms with van der Waals surface area (Å²) >= 11 is 1.19. The van der Waals surface area contributed by atoms with E-state index in [4.69, 9.17) is 4.74 Å². The van der Waals surface area contributed by atoms with Gasteiger partial charge in [0.2, 0.25) is 0 Å². The summed E-state index contributed by atoms with van der Waals surface area (Å²) in [5.74, 6) is -1.83. The SMILES string of the molecule is Cc1cccc(COc2ccc(/C(O)=C3/C(=O)C(=O)N(c4nccs4)C3c3ccc(F)cc3)cc2)c1. The summed E-state index contributed by atoms with van der Waals surface area (Å²) in [6.45, 7) is 2.40. The van der Waals surface area contributed by atoms with Crippen LogP contribution in [0.1, 0.15) is 28.3 Å². The van der Waals surface area contributed by atoms with Gasteiger partial charge in [0, 0.05) is 17.1 Å². The van der Waals surface area contributed by atoms with E-state index in [2.05, 4.69) is 4.98 Å². The molecule has 3 aromatic carbocycles. The molecule has 0 saturated carbocycles. The summed E-state index contributed by atoms with van der Waals surface area (Å²) in [6.07, 6.45) is 1.52. The predicted octanol–water partition coefficient (Wildman–Crippen LogP) is 5.80. The van der Waals surface area contributed by atoms with Gasteiger partial charge in [-0.1, -0.05) is 42.0 Å². The summed E-state index contributed by atoms with van der Waals surface area (Å²) in [6, 6.07) is 19.1. The number of carbonyl (C=O) groups is 2. The van der Waals surface area contributed by atoms with Gasteiger partial charge in [-0.05, 0) is 54.4 Å². The molecule has 0 bridgehead atoms. The van der Waals surface area contributed by atoms with Crippen molar-refractivity contribution in [1.82, 2.24) is 4.98 Å². The maximum atomic E-state index is 13.6. The molecule has 1 unspecified atom stereocenters. The molecule has 1 saturated heterocycles. The number of aryl methyl sites for hydroxylation is 1. The van der Waals surface area contributed by atoms with Crippen molar-refractivity contribution in [3.63, 3.8) is 0 Å². The molecule has 1 N–H and O–H groups in total. The van der Waals surface area contributed by atoms with Crippen LogP contribution in [0.25, 0.3) is 5.76 Å². The predicted molar refractivity (Wildman–Crippen MR) is 135 cm³/mol. The molecule has 8 heteroatoms. The zero-order valence-electron chi connectivity index (χ0n) is 19.2. The van der Waals surface area contributed by atoms with Crippen LogP contribution < -0.4 is 9.64 Å². The van der Waals surface area contributed by atoms with Crippen LogP contribution in [0.2, 0.25) is 0 Å². The van der Waals surface area contributed by atoms with E-state index in [1.165, 1.54) is 46.7 Å². The third-order valence-corrected chi connectivity index (χ3v) is 6.64. The van der Waals surface area contributed by atoms with Crippen LogP contribution in [-0.2, 0) is 16.2 Å². The Labute approximate surface area is 210 Å². The van der Waals surface area contributed by atoms with E-state index in [0.717, 1.165) is 11.1 Å². The molecule has 0 radical (unpaired) electrons. The van der Waals surface area contributed by atoms with E-state index in [9.17, 15) is 19.1 Å². The van der Waals surface area contributed by atoms with Crippen LogP contribution >= 0.6 is 11.3 Å². The lowest BCUT2D eigenvalue weighted by molar-refractivity contribution is -0.132. The quantitative estimate of drug-likeness (QED) is 0.206. The number of amides is 1. The first-order valence-electron chi connectivity index (χ1n) is 11.2. The fourth-order valence-corrected chi connectivity index (χ4v) is 4.83. The summed E-state index contributed by atoms with van der Waals surface area (Å²) in [5.41, 5.74) is 2.91. The van der Waals surface area contributed by atoms with Crippen LogP contribution in [0.4, 0.5) is 9.52 Å². The number of halogens is 1. The van der Waals surface area contributed by atoms with Crippen molar-refractivity contribution in [2.45, 2.75) is 19.6 Å². The first kappa shape index (κ1) is 23.4. The lowest BCUT2D eigenvalue weighted by Gasteiger charge is -2.23. The maximum absolute atomic E-state index is 13.6. The van der Waals surface area contributed by atoms with Crippen LogP contribution in [0.15, 0.2) is 89.9 Å². The highest BCUT2D eigenvalue weighted by Crippen LogP contribution is 2.42. The van der Waals surface area contributed by atoms with E-state index < -0.39 is 23.5 Å². The van der Waals surface area contributed by atoms with Crippen LogP contribution in [0.3, 0.4) is 0 Å². The number of ether oxygens (including phenoxy) is 1. The molecule has 0 spiro atoms. The molecule has 6 nitrogen and oxygen atoms in total. The Hall–Kier alpha value is -4.30. The normalized spacial score (nSPS) is 16.9. The van der Waals surface area contributed by atoms with Gasteiger partial charge in [-0.15, -0.1) is 11.3 Å². The van der Waals surface area contributed by atoms with Crippen molar-refractivity contribution in [3.05, 3.63) is 118 Å². The van der Waals surface area contributed by atoms with Gasteiger partial charge in [-0.2, -0.15) is 0 Å². The molecule has 1 atom stereocenters. The van der Waals surface area contributed by atoms with Gasteiger partial charge >= 0.3 is 5.91 Å². The molecular weight excluding hydrogens is 479 g/mol. The average Bonchev–Trinajstić information content (AvgIpc) is 3.50. The molecule has 1 aliphatic heterocycles. The van der Waals surface area contributed by atoms with E-state index in [-0.39, 0.29) is 11.3 Å². The number of thiazole rings is 1. The van der Waals surface area contributed by atoms with Crippen molar-refractivity contribution in [1.29, 1.82) is 0 Å². The second kappa shape index (κ2) is 9.75. The van der Waals surface area contributed by atoms with Crippen molar-refractivity contribution in [2.24, 2.45) is 0 Å². The van der Waals surface area contributed by atoms with Gasteiger partial charge < -0.3 is 9.84 Å². The highest BCUT2D eigenvalue weighted by Gasteiger charge is 2.47. The first-order chi connectivity index (χ1) is 17.4. The lowest BCUT2D eigenvalue weighted by atomic mass is 9.95. The third-order valence-electron chi connectivity index (χ3n) is 5.87. The number of benzene rings is 3. The summed E-state index contributed by atoms with van der Waals surface area (Å²) in [5, 5.41) is 13.2. The zero-order chi connectivity index (χ0) is 25.2. The van der Waals surface area contributed by atoms with Gasteiger partial charge in [0.05, 0.1) is 11.6 Å². The Balaban J connectivity index is 1.48. The molecule has 4 aromatic rings. The average molecular weight is 501 g/mol. The topological polar surface area (TPSA) is 79.7 Å². The number of aliphatic hydroxyl groups is 1. The van der Waals surface area contributed by atoms with E-state index in [0.29, 0.717) is 28.6 Å². The second-order valence-electron chi connectivity index (χ2n) is 8.34. The lowest BCUT2D eigenvalue weighted by Crippen LogP contribution is -2.29. The second-order valence-corrected chi connectivity index (χ2v) is 9.21. The molecule has 180 valence electrons. The van der Waals surface area contributed by atoms with Gasteiger partial charge in [-0.25, -0.2) is 9.37 Å². The van der Waals surface area contributed by atoms with Gasteiger partial charge in [0.15, 0.2) is 5.13 Å². The summed E-state index contributed by atoms with van der Waals surface area (Å²) < 4.78 is 19.5. The zero-order valence-corrected chi connectivity index (χ0v) is 20.0. The minimum Gasteiger partial charge on any atom is -0.507 e. The number of ketones is 1. The minimum atomic E-state index is -0.950. The Bertz CT molecular complexity index is 1450. The molecule has 0 aliphatic carbocycles. The standard InChI is InChI=1S/C28H21FN2O4S/c1-17-3-2-4-18(15-17)16-35-22-11-7-20(8-12-22)25(32)23-24(19-5-9-21(29)10-6-19)31(27(34)26(23)33)28-30-13-14-36-28/h2-15,24,32H,16H2,1H3/b25-23-. The first-order valence-corrected chi connectivity index (χ1v) is 12.0. The Morgan fingerprint density at radius 3 is 2.50 bits per heavy atom. The fraction of sp³-hybridized carbons (Fsp3) is 0.107. The molecular formula is C28H21FN2O4S. The maximum Gasteiger partial charge on any atom is 0.301 e. The van der Waals surface area contributed by atoms with Crippen molar-refractivity contribution < 1.29 is 23.8 Å². The summed E-state index contributed by atoms with van der Waals surface area (Å²) in [4.78, 5) is 31.5. The van der Waals surface area contributed by atoms with Crippen LogP contribution in [-0.4, -0.2) is 21.8 Å². The molecule has 5 rings (SSSR count). The highest BCUT2D eigenvalue weighted by molar-refractivity contribution is 7.14. The van der Waals surface area contributed by atoms with Crippen molar-refractivity contribution >= 4 is 33.9 Å². The number of nitrogens with zero attached hydrogens (tertiary/aromatic N) is 2. The number of hydrogen-bond donors (Lipinski definition) is 1. The van der Waals surface area contributed by atoms with Gasteiger partial charge in [-0.3, -0.25) is 14.5 Å². The van der Waals surface area contributed by atoms with Crippen LogP contribution in [0.5, 0.6) is 5.75 Å². The third kappa shape index (κ3) is 4.50. The number of anilines is 1. The highest BCUT2D eigenvalue weighted by atomic mass is 32.1. The van der Waals surface area contributed by atoms with Crippen LogP contribution in [0, 0.1) is 12.7 Å². The molecule has 1 aliphatic rings. The molecule has 1 aromatic heterocycles. The largest absolute Gasteiger partial charge is 0.507 e. The fourth-order valence-electron chi connectivity index (χ4n) is 4.16. The van der Waals surface area contributed by atoms with Crippen molar-refractivity contribution in [3.8, 4) is 5.75 Å². The number of aromatic nitrogens is 1. The number of hydrogen-bond acceptors (Lipinski definition) is 6. The van der Waals surface area contributed by atoms with Gasteiger partial charge in [0.25, 0.3) is 5.78 Å². The number of rotatable bonds is 6. The Morgan fingerprint density at radius 2 is 1.83 bits per heavy atom.